The van der Waals surface area contributed by atoms with Gasteiger partial charge in [0.1, 0.15) is 0 Å². The Labute approximate surface area is 147 Å². The van der Waals surface area contributed by atoms with Crippen molar-refractivity contribution in [1.82, 2.24) is 14.1 Å². The number of rotatable bonds is 8. The van der Waals surface area contributed by atoms with Gasteiger partial charge in [-0.15, -0.1) is 0 Å². The number of hydrogen-bond donors (Lipinski definition) is 0. The number of likely N-dealkylation sites (tertiary alicyclic amines) is 1. The zero-order valence-electron chi connectivity index (χ0n) is 15.2. The first-order valence-corrected chi connectivity index (χ1v) is 10.4. The topological polar surface area (TPSA) is 43.9 Å². The largest absolute Gasteiger partial charge is 0.303 e. The highest BCUT2D eigenvalue weighted by Crippen LogP contribution is 2.18. The van der Waals surface area contributed by atoms with Crippen LogP contribution in [0.2, 0.25) is 0 Å². The van der Waals surface area contributed by atoms with E-state index in [0.717, 1.165) is 39.0 Å². The van der Waals surface area contributed by atoms with Crippen LogP contribution in [0, 0.1) is 0 Å². The third-order valence-corrected chi connectivity index (χ3v) is 6.81. The molecule has 1 aliphatic heterocycles. The van der Waals surface area contributed by atoms with Gasteiger partial charge in [-0.25, -0.2) is 12.7 Å². The van der Waals surface area contributed by atoms with Crippen molar-refractivity contribution in [3.8, 4) is 0 Å². The van der Waals surface area contributed by atoms with Gasteiger partial charge in [-0.05, 0) is 51.5 Å². The summed E-state index contributed by atoms with van der Waals surface area (Å²) in [6.45, 7) is 3.99. The Morgan fingerprint density at radius 2 is 1.71 bits per heavy atom. The van der Waals surface area contributed by atoms with E-state index in [1.165, 1.54) is 9.87 Å². The average molecular weight is 354 g/mol. The maximum Gasteiger partial charge on any atom is 0.213 e. The number of benzene rings is 1. The molecule has 0 atom stereocenters. The highest BCUT2D eigenvalue weighted by molar-refractivity contribution is 7.89. The van der Waals surface area contributed by atoms with Crippen molar-refractivity contribution in [1.29, 1.82) is 0 Å². The molecule has 24 heavy (non-hydrogen) atoms. The van der Waals surface area contributed by atoms with Crippen LogP contribution < -0.4 is 0 Å². The van der Waals surface area contributed by atoms with Crippen molar-refractivity contribution in [2.24, 2.45) is 0 Å². The van der Waals surface area contributed by atoms with Crippen LogP contribution in [0.25, 0.3) is 0 Å². The SMILES string of the molecule is CN(Cc1ccccc1)C1CCN(CCCS(=O)(=O)N(C)C)CC1. The van der Waals surface area contributed by atoms with Crippen molar-refractivity contribution in [3.05, 3.63) is 35.9 Å². The van der Waals surface area contributed by atoms with Gasteiger partial charge in [-0.3, -0.25) is 4.90 Å². The quantitative estimate of drug-likeness (QED) is 0.716. The molecule has 1 heterocycles. The molecule has 6 heteroatoms. The van der Waals surface area contributed by atoms with Crippen molar-refractivity contribution < 1.29 is 8.42 Å². The lowest BCUT2D eigenvalue weighted by molar-refractivity contribution is 0.123. The Morgan fingerprint density at radius 1 is 1.08 bits per heavy atom. The molecule has 0 aliphatic carbocycles. The minimum Gasteiger partial charge on any atom is -0.303 e. The highest BCUT2D eigenvalue weighted by atomic mass is 32.2. The molecule has 136 valence electrons. The second-order valence-electron chi connectivity index (χ2n) is 6.93. The fourth-order valence-electron chi connectivity index (χ4n) is 3.24. The lowest BCUT2D eigenvalue weighted by Gasteiger charge is -2.36. The second kappa shape index (κ2) is 8.94. The summed E-state index contributed by atoms with van der Waals surface area (Å²) in [4.78, 5) is 4.85. The van der Waals surface area contributed by atoms with Crippen LogP contribution >= 0.6 is 0 Å². The standard InChI is InChI=1S/C18H31N3O2S/c1-19(2)24(22,23)15-7-12-21-13-10-18(11-14-21)20(3)16-17-8-5-4-6-9-17/h4-6,8-9,18H,7,10-16H2,1-3H3. The first-order valence-electron chi connectivity index (χ1n) is 8.75. The zero-order chi connectivity index (χ0) is 17.6. The molecule has 1 aromatic rings. The number of sulfonamides is 1. The molecule has 0 amide bonds. The van der Waals surface area contributed by atoms with E-state index >= 15 is 0 Å². The molecule has 0 aromatic heterocycles. The summed E-state index contributed by atoms with van der Waals surface area (Å²) < 4.78 is 24.9. The van der Waals surface area contributed by atoms with Crippen LogP contribution in [0.5, 0.6) is 0 Å². The van der Waals surface area contributed by atoms with Crippen molar-refractivity contribution in [2.75, 3.05) is 46.5 Å². The van der Waals surface area contributed by atoms with Gasteiger partial charge in [0.15, 0.2) is 0 Å². The summed E-state index contributed by atoms with van der Waals surface area (Å²) in [5.74, 6) is 0.244. The van der Waals surface area contributed by atoms with Gasteiger partial charge >= 0.3 is 0 Å². The lowest BCUT2D eigenvalue weighted by atomic mass is 10.0. The summed E-state index contributed by atoms with van der Waals surface area (Å²) in [6, 6.07) is 11.2. The molecule has 0 radical (unpaired) electrons. The van der Waals surface area contributed by atoms with Gasteiger partial charge in [0.2, 0.25) is 10.0 Å². The molecule has 1 aromatic carbocycles. The van der Waals surface area contributed by atoms with Gasteiger partial charge in [0.25, 0.3) is 0 Å². The van der Waals surface area contributed by atoms with Gasteiger partial charge in [-0.1, -0.05) is 30.3 Å². The van der Waals surface area contributed by atoms with Crippen molar-refractivity contribution in [3.63, 3.8) is 0 Å². The molecule has 1 aliphatic rings. The first kappa shape index (κ1) is 19.4. The van der Waals surface area contributed by atoms with Gasteiger partial charge in [0, 0.05) is 26.7 Å². The van der Waals surface area contributed by atoms with E-state index in [4.69, 9.17) is 0 Å². The predicted octanol–water partition coefficient (Wildman–Crippen LogP) is 1.86. The van der Waals surface area contributed by atoms with E-state index in [-0.39, 0.29) is 5.75 Å². The van der Waals surface area contributed by atoms with E-state index < -0.39 is 10.0 Å². The Balaban J connectivity index is 1.69. The number of piperidine rings is 1. The van der Waals surface area contributed by atoms with Gasteiger partial charge < -0.3 is 4.90 Å². The van der Waals surface area contributed by atoms with E-state index in [0.29, 0.717) is 12.5 Å². The summed E-state index contributed by atoms with van der Waals surface area (Å²) in [5, 5.41) is 0. The lowest BCUT2D eigenvalue weighted by Crippen LogP contribution is -2.43. The predicted molar refractivity (Wildman–Crippen MR) is 99.5 cm³/mol. The van der Waals surface area contributed by atoms with Crippen LogP contribution in [-0.2, 0) is 16.6 Å². The van der Waals surface area contributed by atoms with Gasteiger partial charge in [-0.2, -0.15) is 0 Å². The van der Waals surface area contributed by atoms with E-state index in [9.17, 15) is 8.42 Å². The second-order valence-corrected chi connectivity index (χ2v) is 9.23. The third kappa shape index (κ3) is 5.84. The van der Waals surface area contributed by atoms with Crippen LogP contribution in [-0.4, -0.2) is 75.1 Å². The summed E-state index contributed by atoms with van der Waals surface area (Å²) in [7, 11) is 2.35. The number of nitrogens with zero attached hydrogens (tertiary/aromatic N) is 3. The Hall–Kier alpha value is -0.950. The van der Waals surface area contributed by atoms with Crippen LogP contribution in [0.3, 0.4) is 0 Å². The molecular weight excluding hydrogens is 322 g/mol. The maximum absolute atomic E-state index is 11.8. The third-order valence-electron chi connectivity index (χ3n) is 4.89. The normalized spacial score (nSPS) is 17.7. The van der Waals surface area contributed by atoms with Crippen molar-refractivity contribution >= 4 is 10.0 Å². The maximum atomic E-state index is 11.8. The molecule has 0 N–H and O–H groups in total. The molecule has 0 spiro atoms. The minimum atomic E-state index is -3.06. The van der Waals surface area contributed by atoms with Crippen molar-refractivity contribution in [2.45, 2.75) is 31.8 Å². The van der Waals surface area contributed by atoms with Gasteiger partial charge in [0.05, 0.1) is 5.75 Å². The number of hydrogen-bond acceptors (Lipinski definition) is 4. The fraction of sp³-hybridized carbons (Fsp3) is 0.667. The molecule has 0 bridgehead atoms. The van der Waals surface area contributed by atoms with E-state index in [1.54, 1.807) is 14.1 Å². The monoisotopic (exact) mass is 353 g/mol. The molecule has 0 saturated carbocycles. The Kier molecular flexibility index (Phi) is 7.22. The average Bonchev–Trinajstić information content (AvgIpc) is 2.56. The molecule has 1 saturated heterocycles. The first-order chi connectivity index (χ1) is 11.4. The summed E-state index contributed by atoms with van der Waals surface area (Å²) in [6.07, 6.45) is 3.03. The highest BCUT2D eigenvalue weighted by Gasteiger charge is 2.23. The minimum absolute atomic E-state index is 0.244. The summed E-state index contributed by atoms with van der Waals surface area (Å²) in [5.41, 5.74) is 1.36. The fourth-order valence-corrected chi connectivity index (χ4v) is 4.10. The molecule has 0 unspecified atom stereocenters. The molecule has 2 rings (SSSR count). The van der Waals surface area contributed by atoms with Crippen LogP contribution in [0.4, 0.5) is 0 Å². The molecule has 1 fully saturated rings. The Morgan fingerprint density at radius 3 is 2.29 bits per heavy atom. The van der Waals surface area contributed by atoms with E-state index in [2.05, 4.69) is 47.2 Å². The van der Waals surface area contributed by atoms with Crippen LogP contribution in [0.1, 0.15) is 24.8 Å². The molecular formula is C18H31N3O2S. The Bertz CT molecular complexity index is 582. The molecule has 5 nitrogen and oxygen atoms in total. The summed E-state index contributed by atoms with van der Waals surface area (Å²) >= 11 is 0. The zero-order valence-corrected chi connectivity index (χ0v) is 16.0. The smallest absolute Gasteiger partial charge is 0.213 e. The van der Waals surface area contributed by atoms with Crippen LogP contribution in [0.15, 0.2) is 30.3 Å². The van der Waals surface area contributed by atoms with E-state index in [1.807, 2.05) is 0 Å².